The van der Waals surface area contributed by atoms with E-state index in [1.807, 2.05) is 54.6 Å². The van der Waals surface area contributed by atoms with Gasteiger partial charge < -0.3 is 14.6 Å². The Hall–Kier alpha value is -4.72. The zero-order valence-electron chi connectivity index (χ0n) is 18.3. The van der Waals surface area contributed by atoms with Crippen LogP contribution in [0.4, 0.5) is 0 Å². The van der Waals surface area contributed by atoms with Crippen LogP contribution in [0.2, 0.25) is 0 Å². The van der Waals surface area contributed by atoms with Crippen LogP contribution in [-0.2, 0) is 4.79 Å². The first-order valence-corrected chi connectivity index (χ1v) is 10.4. The minimum atomic E-state index is -1.09. The minimum Gasteiger partial charge on any atom is -0.493 e. The first-order chi connectivity index (χ1) is 16.5. The Kier molecular flexibility index (Phi) is 6.78. The SMILES string of the molecule is COc1cc(/C=N/NC(=O)c2cc(-c3ccccc3)nc3ccccc23)ccc1OCC(=O)O. The van der Waals surface area contributed by atoms with Gasteiger partial charge in [0.1, 0.15) is 0 Å². The number of rotatable bonds is 8. The highest BCUT2D eigenvalue weighted by molar-refractivity contribution is 6.07. The summed E-state index contributed by atoms with van der Waals surface area (Å²) < 4.78 is 10.4. The van der Waals surface area contributed by atoms with Gasteiger partial charge in [0, 0.05) is 10.9 Å². The van der Waals surface area contributed by atoms with Crippen LogP contribution in [0, 0.1) is 0 Å². The van der Waals surface area contributed by atoms with Crippen molar-refractivity contribution in [3.63, 3.8) is 0 Å². The predicted molar refractivity (Wildman–Crippen MR) is 128 cm³/mol. The lowest BCUT2D eigenvalue weighted by atomic mass is 10.0. The van der Waals surface area contributed by atoms with Crippen molar-refractivity contribution < 1.29 is 24.2 Å². The molecule has 4 rings (SSSR count). The molecule has 0 spiro atoms. The van der Waals surface area contributed by atoms with Gasteiger partial charge in [-0.2, -0.15) is 5.10 Å². The summed E-state index contributed by atoms with van der Waals surface area (Å²) in [5.74, 6) is -0.818. The summed E-state index contributed by atoms with van der Waals surface area (Å²) in [6.07, 6.45) is 1.46. The van der Waals surface area contributed by atoms with E-state index < -0.39 is 12.6 Å². The van der Waals surface area contributed by atoms with Crippen molar-refractivity contribution in [3.05, 3.63) is 90.0 Å². The summed E-state index contributed by atoms with van der Waals surface area (Å²) in [7, 11) is 1.45. The number of carboxylic acids is 1. The van der Waals surface area contributed by atoms with Crippen molar-refractivity contribution in [1.82, 2.24) is 10.4 Å². The number of aromatic nitrogens is 1. The number of benzene rings is 3. The molecule has 34 heavy (non-hydrogen) atoms. The van der Waals surface area contributed by atoms with Gasteiger partial charge >= 0.3 is 5.97 Å². The molecule has 3 aromatic carbocycles. The number of pyridine rings is 1. The maximum absolute atomic E-state index is 13.0. The van der Waals surface area contributed by atoms with E-state index >= 15 is 0 Å². The van der Waals surface area contributed by atoms with E-state index in [4.69, 9.17) is 14.6 Å². The van der Waals surface area contributed by atoms with E-state index in [2.05, 4.69) is 15.5 Å². The highest BCUT2D eigenvalue weighted by Gasteiger charge is 2.13. The van der Waals surface area contributed by atoms with Gasteiger partial charge in [0.15, 0.2) is 18.1 Å². The molecule has 0 aliphatic rings. The minimum absolute atomic E-state index is 0.294. The van der Waals surface area contributed by atoms with Gasteiger partial charge in [-0.05, 0) is 35.9 Å². The lowest BCUT2D eigenvalue weighted by Crippen LogP contribution is -2.18. The fraction of sp³-hybridized carbons (Fsp3) is 0.0769. The zero-order chi connectivity index (χ0) is 23.9. The largest absolute Gasteiger partial charge is 0.493 e. The molecule has 0 saturated heterocycles. The van der Waals surface area contributed by atoms with Gasteiger partial charge in [0.2, 0.25) is 0 Å². The van der Waals surface area contributed by atoms with E-state index in [0.717, 1.165) is 10.9 Å². The third kappa shape index (κ3) is 5.18. The molecule has 1 heterocycles. The number of ether oxygens (including phenoxy) is 2. The van der Waals surface area contributed by atoms with Gasteiger partial charge in [-0.25, -0.2) is 15.2 Å². The van der Waals surface area contributed by atoms with Gasteiger partial charge in [0.05, 0.1) is 30.1 Å². The molecular formula is C26H21N3O5. The number of hydrazone groups is 1. The van der Waals surface area contributed by atoms with Gasteiger partial charge in [-0.15, -0.1) is 0 Å². The van der Waals surface area contributed by atoms with Gasteiger partial charge in [0.25, 0.3) is 5.91 Å². The number of aliphatic carboxylic acids is 1. The second-order valence-corrected chi connectivity index (χ2v) is 7.23. The second-order valence-electron chi connectivity index (χ2n) is 7.23. The number of amides is 1. The molecule has 0 aliphatic heterocycles. The van der Waals surface area contributed by atoms with Gasteiger partial charge in [-0.1, -0.05) is 48.5 Å². The van der Waals surface area contributed by atoms with Crippen LogP contribution < -0.4 is 14.9 Å². The molecule has 1 aromatic heterocycles. The summed E-state index contributed by atoms with van der Waals surface area (Å²) in [5, 5.41) is 13.6. The van der Waals surface area contributed by atoms with Gasteiger partial charge in [-0.3, -0.25) is 4.79 Å². The molecule has 170 valence electrons. The van der Waals surface area contributed by atoms with Crippen LogP contribution in [0.1, 0.15) is 15.9 Å². The number of carbonyl (C=O) groups is 2. The molecule has 0 saturated carbocycles. The molecule has 0 fully saturated rings. The smallest absolute Gasteiger partial charge is 0.341 e. The normalized spacial score (nSPS) is 10.9. The quantitative estimate of drug-likeness (QED) is 0.305. The molecule has 8 heteroatoms. The molecule has 0 atom stereocenters. The number of carboxylic acid groups (broad SMARTS) is 1. The average Bonchev–Trinajstić information content (AvgIpc) is 2.87. The lowest BCUT2D eigenvalue weighted by Gasteiger charge is -2.10. The van der Waals surface area contributed by atoms with Crippen molar-refractivity contribution in [2.24, 2.45) is 5.10 Å². The molecule has 8 nitrogen and oxygen atoms in total. The maximum Gasteiger partial charge on any atom is 0.341 e. The highest BCUT2D eigenvalue weighted by Crippen LogP contribution is 2.28. The number of para-hydroxylation sites is 1. The van der Waals surface area contributed by atoms with Crippen LogP contribution in [0.5, 0.6) is 11.5 Å². The fourth-order valence-electron chi connectivity index (χ4n) is 3.37. The summed E-state index contributed by atoms with van der Waals surface area (Å²) >= 11 is 0. The van der Waals surface area contributed by atoms with E-state index in [0.29, 0.717) is 33.8 Å². The highest BCUT2D eigenvalue weighted by atomic mass is 16.5. The lowest BCUT2D eigenvalue weighted by molar-refractivity contribution is -0.139. The monoisotopic (exact) mass is 455 g/mol. The van der Waals surface area contributed by atoms with E-state index in [1.54, 1.807) is 24.3 Å². The van der Waals surface area contributed by atoms with Crippen molar-refractivity contribution >= 4 is 29.0 Å². The summed E-state index contributed by atoms with van der Waals surface area (Å²) in [6, 6.07) is 23.7. The number of fused-ring (bicyclic) bond motifs is 1. The first kappa shape index (κ1) is 22.5. The Morgan fingerprint density at radius 1 is 1.00 bits per heavy atom. The molecule has 2 N–H and O–H groups in total. The summed E-state index contributed by atoms with van der Waals surface area (Å²) in [5.41, 5.74) is 5.95. The Balaban J connectivity index is 1.56. The molecule has 1 amide bonds. The topological polar surface area (TPSA) is 110 Å². The van der Waals surface area contributed by atoms with Crippen LogP contribution in [0.3, 0.4) is 0 Å². The van der Waals surface area contributed by atoms with E-state index in [9.17, 15) is 9.59 Å². The molecule has 0 radical (unpaired) electrons. The average molecular weight is 455 g/mol. The molecular weight excluding hydrogens is 434 g/mol. The number of hydrogen-bond donors (Lipinski definition) is 2. The van der Waals surface area contributed by atoms with Crippen molar-refractivity contribution in [3.8, 4) is 22.8 Å². The Labute approximate surface area is 195 Å². The predicted octanol–water partition coefficient (Wildman–Crippen LogP) is 4.14. The number of hydrogen-bond acceptors (Lipinski definition) is 6. The standard InChI is InChI=1S/C26H21N3O5/c1-33-24-13-17(11-12-23(24)34-16-25(30)31)15-27-29-26(32)20-14-22(18-7-3-2-4-8-18)28-21-10-6-5-9-19(20)21/h2-15H,16H2,1H3,(H,29,32)(H,30,31)/b27-15+. The maximum atomic E-state index is 13.0. The van der Waals surface area contributed by atoms with Crippen molar-refractivity contribution in [1.29, 1.82) is 0 Å². The number of nitrogens with zero attached hydrogens (tertiary/aromatic N) is 2. The van der Waals surface area contributed by atoms with Crippen LogP contribution in [0.15, 0.2) is 84.0 Å². The Bertz CT molecular complexity index is 1370. The second kappa shape index (κ2) is 10.3. The summed E-state index contributed by atoms with van der Waals surface area (Å²) in [6.45, 7) is -0.481. The van der Waals surface area contributed by atoms with Crippen molar-refractivity contribution in [2.45, 2.75) is 0 Å². The Morgan fingerprint density at radius 2 is 1.76 bits per heavy atom. The molecule has 0 bridgehead atoms. The number of nitrogens with one attached hydrogen (secondary N) is 1. The van der Waals surface area contributed by atoms with Crippen LogP contribution >= 0.6 is 0 Å². The molecule has 0 unspecified atom stereocenters. The third-order valence-electron chi connectivity index (χ3n) is 4.95. The zero-order valence-corrected chi connectivity index (χ0v) is 18.3. The van der Waals surface area contributed by atoms with E-state index in [1.165, 1.54) is 13.3 Å². The van der Waals surface area contributed by atoms with Crippen LogP contribution in [-0.4, -0.2) is 41.9 Å². The Morgan fingerprint density at radius 3 is 2.53 bits per heavy atom. The van der Waals surface area contributed by atoms with Crippen molar-refractivity contribution in [2.75, 3.05) is 13.7 Å². The fourth-order valence-corrected chi connectivity index (χ4v) is 3.37. The van der Waals surface area contributed by atoms with Crippen LogP contribution in [0.25, 0.3) is 22.2 Å². The number of methoxy groups -OCH3 is 1. The first-order valence-electron chi connectivity index (χ1n) is 10.4. The third-order valence-corrected chi connectivity index (χ3v) is 4.95. The summed E-state index contributed by atoms with van der Waals surface area (Å²) in [4.78, 5) is 28.4. The van der Waals surface area contributed by atoms with E-state index in [-0.39, 0.29) is 5.91 Å². The molecule has 4 aromatic rings. The number of carbonyl (C=O) groups excluding carboxylic acids is 1. The molecule has 0 aliphatic carbocycles.